The third-order valence-electron chi connectivity index (χ3n) is 3.72. The van der Waals surface area contributed by atoms with Crippen molar-refractivity contribution in [3.05, 3.63) is 35.4 Å². The van der Waals surface area contributed by atoms with Crippen molar-refractivity contribution in [2.24, 2.45) is 0 Å². The number of carbonyl (C=O) groups is 2. The van der Waals surface area contributed by atoms with Gasteiger partial charge in [0.25, 0.3) is 5.91 Å². The number of aliphatic carboxylic acids is 1. The van der Waals surface area contributed by atoms with Gasteiger partial charge in [-0.3, -0.25) is 4.79 Å². The van der Waals surface area contributed by atoms with E-state index < -0.39 is 5.97 Å². The molecule has 0 radical (unpaired) electrons. The summed E-state index contributed by atoms with van der Waals surface area (Å²) in [6.07, 6.45) is 0.448. The Hall–Kier alpha value is -1.88. The molecule has 1 N–H and O–H groups in total. The fourth-order valence-electron chi connectivity index (χ4n) is 2.33. The standard InChI is InChI=1S/C15H20N2O3/c1-16-8-10-17(11-9-16)15(20)13-5-2-12(3-6-13)4-7-14(18)19/h2-3,5-6H,4,7-11H2,1H3,(H,18,19). The molecule has 0 unspecified atom stereocenters. The summed E-state index contributed by atoms with van der Waals surface area (Å²) < 4.78 is 0. The summed E-state index contributed by atoms with van der Waals surface area (Å²) in [7, 11) is 2.13. The van der Waals surface area contributed by atoms with E-state index >= 15 is 0 Å². The molecule has 1 amide bonds. The topological polar surface area (TPSA) is 64.9 Å². The summed E-state index contributed by atoms with van der Waals surface area (Å²) in [5, 5.41) is 10.4. The molecule has 1 aliphatic rings. The minimum Gasteiger partial charge on any atom is -0.550 e. The van der Waals surface area contributed by atoms with E-state index in [9.17, 15) is 14.7 Å². The Balaban J connectivity index is 1.95. The van der Waals surface area contributed by atoms with Crippen LogP contribution in [-0.2, 0) is 11.2 Å². The molecule has 0 spiro atoms. The molecule has 5 nitrogen and oxygen atoms in total. The van der Waals surface area contributed by atoms with Gasteiger partial charge in [-0.15, -0.1) is 0 Å². The number of benzene rings is 1. The van der Waals surface area contributed by atoms with Crippen LogP contribution in [0.1, 0.15) is 22.3 Å². The van der Waals surface area contributed by atoms with Crippen LogP contribution in [0.4, 0.5) is 0 Å². The first-order valence-electron chi connectivity index (χ1n) is 6.95. The molecule has 108 valence electrons. The molecule has 0 aromatic heterocycles. The van der Waals surface area contributed by atoms with E-state index in [0.29, 0.717) is 12.0 Å². The van der Waals surface area contributed by atoms with Crippen LogP contribution >= 0.6 is 0 Å². The van der Waals surface area contributed by atoms with E-state index in [1.807, 2.05) is 17.0 Å². The van der Waals surface area contributed by atoms with Crippen LogP contribution in [0.5, 0.6) is 0 Å². The highest BCUT2D eigenvalue weighted by Gasteiger charge is 2.22. The van der Waals surface area contributed by atoms with Crippen molar-refractivity contribution < 1.29 is 19.6 Å². The molecule has 1 fully saturated rings. The quantitative estimate of drug-likeness (QED) is 0.716. The number of hydrogen-bond acceptors (Lipinski definition) is 3. The second-order valence-electron chi connectivity index (χ2n) is 5.32. The van der Waals surface area contributed by atoms with Gasteiger partial charge in [-0.2, -0.15) is 0 Å². The number of amides is 1. The second kappa shape index (κ2) is 6.52. The molecule has 0 aliphatic carbocycles. The highest BCUT2D eigenvalue weighted by atomic mass is 16.4. The third-order valence-corrected chi connectivity index (χ3v) is 3.72. The smallest absolute Gasteiger partial charge is 0.254 e. The maximum absolute atomic E-state index is 12.3. The molecule has 1 saturated heterocycles. The van der Waals surface area contributed by atoms with Crippen LogP contribution in [0.25, 0.3) is 0 Å². The zero-order valence-corrected chi connectivity index (χ0v) is 11.7. The number of piperazine rings is 1. The molecule has 1 aliphatic heterocycles. The van der Waals surface area contributed by atoms with Crippen molar-refractivity contribution in [2.45, 2.75) is 12.8 Å². The number of nitrogens with zero attached hydrogens (tertiary/aromatic N) is 1. The molecular formula is C15H20N2O3. The Labute approximate surface area is 118 Å². The fourth-order valence-corrected chi connectivity index (χ4v) is 2.33. The Bertz CT molecular complexity index is 476. The minimum atomic E-state index is -1.05. The van der Waals surface area contributed by atoms with Gasteiger partial charge in [-0.1, -0.05) is 12.1 Å². The summed E-state index contributed by atoms with van der Waals surface area (Å²) in [5.41, 5.74) is 1.58. The molecular weight excluding hydrogens is 256 g/mol. The fraction of sp³-hybridized carbons (Fsp3) is 0.467. The van der Waals surface area contributed by atoms with Gasteiger partial charge in [0.2, 0.25) is 0 Å². The molecule has 0 atom stereocenters. The van der Waals surface area contributed by atoms with E-state index in [0.717, 1.165) is 31.7 Å². The summed E-state index contributed by atoms with van der Waals surface area (Å²) in [5.74, 6) is -0.992. The lowest BCUT2D eigenvalue weighted by molar-refractivity contribution is -0.883. The lowest BCUT2D eigenvalue weighted by atomic mass is 10.1. The van der Waals surface area contributed by atoms with E-state index in [2.05, 4.69) is 7.05 Å². The molecule has 20 heavy (non-hydrogen) atoms. The number of carboxylic acid groups (broad SMARTS) is 1. The van der Waals surface area contributed by atoms with E-state index in [-0.39, 0.29) is 12.3 Å². The molecule has 0 bridgehead atoms. The van der Waals surface area contributed by atoms with Gasteiger partial charge in [0, 0.05) is 11.5 Å². The Morgan fingerprint density at radius 2 is 1.80 bits per heavy atom. The number of rotatable bonds is 4. The van der Waals surface area contributed by atoms with Gasteiger partial charge < -0.3 is 19.7 Å². The maximum Gasteiger partial charge on any atom is 0.254 e. The highest BCUT2D eigenvalue weighted by Crippen LogP contribution is 2.09. The van der Waals surface area contributed by atoms with Crippen molar-refractivity contribution in [1.29, 1.82) is 0 Å². The molecule has 1 heterocycles. The summed E-state index contributed by atoms with van der Waals surface area (Å²) in [4.78, 5) is 26.0. The molecule has 5 heteroatoms. The zero-order chi connectivity index (χ0) is 14.5. The summed E-state index contributed by atoms with van der Waals surface area (Å²) >= 11 is 0. The van der Waals surface area contributed by atoms with Crippen molar-refractivity contribution in [3.63, 3.8) is 0 Å². The van der Waals surface area contributed by atoms with Crippen LogP contribution in [-0.4, -0.2) is 50.0 Å². The Morgan fingerprint density at radius 1 is 1.20 bits per heavy atom. The number of nitrogens with one attached hydrogen (secondary N) is 1. The first-order chi connectivity index (χ1) is 9.56. The van der Waals surface area contributed by atoms with Crippen molar-refractivity contribution in [1.82, 2.24) is 4.90 Å². The molecule has 0 saturated carbocycles. The van der Waals surface area contributed by atoms with E-state index in [4.69, 9.17) is 0 Å². The van der Waals surface area contributed by atoms with Crippen molar-refractivity contribution in [3.8, 4) is 0 Å². The van der Waals surface area contributed by atoms with Crippen LogP contribution in [0, 0.1) is 0 Å². The average Bonchev–Trinajstić information content (AvgIpc) is 2.46. The van der Waals surface area contributed by atoms with E-state index in [1.54, 1.807) is 12.1 Å². The third kappa shape index (κ3) is 3.81. The van der Waals surface area contributed by atoms with Gasteiger partial charge in [0.15, 0.2) is 0 Å². The Kier molecular flexibility index (Phi) is 4.74. The number of hydrogen-bond donors (Lipinski definition) is 1. The highest BCUT2D eigenvalue weighted by molar-refractivity contribution is 5.94. The summed E-state index contributed by atoms with van der Waals surface area (Å²) in [6.45, 7) is 3.54. The number of quaternary nitrogens is 1. The molecule has 1 aromatic carbocycles. The number of aryl methyl sites for hydroxylation is 1. The zero-order valence-electron chi connectivity index (χ0n) is 11.7. The first-order valence-corrected chi connectivity index (χ1v) is 6.95. The van der Waals surface area contributed by atoms with Crippen molar-refractivity contribution in [2.75, 3.05) is 33.2 Å². The number of carboxylic acids is 1. The van der Waals surface area contributed by atoms with Crippen LogP contribution < -0.4 is 10.0 Å². The number of likely N-dealkylation sites (N-methyl/N-ethyl adjacent to an activating group) is 1. The summed E-state index contributed by atoms with van der Waals surface area (Å²) in [6, 6.07) is 7.19. The predicted molar refractivity (Wildman–Crippen MR) is 72.3 cm³/mol. The normalized spacial score (nSPS) is 16.1. The van der Waals surface area contributed by atoms with Gasteiger partial charge in [0.05, 0.1) is 33.2 Å². The van der Waals surface area contributed by atoms with Gasteiger partial charge in [-0.25, -0.2) is 0 Å². The minimum absolute atomic E-state index is 0.00846. The Morgan fingerprint density at radius 3 is 2.35 bits per heavy atom. The van der Waals surface area contributed by atoms with Crippen LogP contribution in [0.2, 0.25) is 0 Å². The first kappa shape index (κ1) is 14.5. The predicted octanol–water partition coefficient (Wildman–Crippen LogP) is -1.66. The lowest BCUT2D eigenvalue weighted by Crippen LogP contribution is -3.12. The maximum atomic E-state index is 12.3. The van der Waals surface area contributed by atoms with Gasteiger partial charge >= 0.3 is 0 Å². The second-order valence-corrected chi connectivity index (χ2v) is 5.32. The largest absolute Gasteiger partial charge is 0.550 e. The average molecular weight is 276 g/mol. The monoisotopic (exact) mass is 276 g/mol. The van der Waals surface area contributed by atoms with Crippen LogP contribution in [0.15, 0.2) is 24.3 Å². The van der Waals surface area contributed by atoms with Gasteiger partial charge in [-0.05, 0) is 30.5 Å². The molecule has 2 rings (SSSR count). The lowest BCUT2D eigenvalue weighted by Gasteiger charge is -2.30. The van der Waals surface area contributed by atoms with E-state index in [1.165, 1.54) is 4.90 Å². The molecule has 1 aromatic rings. The number of carbonyl (C=O) groups excluding carboxylic acids is 2. The van der Waals surface area contributed by atoms with Crippen LogP contribution in [0.3, 0.4) is 0 Å². The van der Waals surface area contributed by atoms with Gasteiger partial charge in [0.1, 0.15) is 0 Å². The SMILES string of the molecule is C[NH+]1CCN(C(=O)c2ccc(CCC(=O)[O-])cc2)CC1. The van der Waals surface area contributed by atoms with Crippen molar-refractivity contribution >= 4 is 11.9 Å².